The van der Waals surface area contributed by atoms with Crippen LogP contribution in [0.2, 0.25) is 0 Å². The lowest BCUT2D eigenvalue weighted by molar-refractivity contribution is -0.137. The highest BCUT2D eigenvalue weighted by atomic mass is 16.4. The summed E-state index contributed by atoms with van der Waals surface area (Å²) in [4.78, 5) is 19.5. The molecular formula is C13H14N4O2. The van der Waals surface area contributed by atoms with Crippen LogP contribution in [0.25, 0.3) is 11.0 Å². The molecule has 2 aromatic heterocycles. The molecule has 19 heavy (non-hydrogen) atoms. The van der Waals surface area contributed by atoms with Gasteiger partial charge in [0, 0.05) is 6.20 Å². The number of aromatic nitrogens is 3. The summed E-state index contributed by atoms with van der Waals surface area (Å²) in [6, 6.07) is 2.08. The number of hydrogen-bond donors (Lipinski definition) is 1. The van der Waals surface area contributed by atoms with Gasteiger partial charge in [-0.1, -0.05) is 13.8 Å². The highest BCUT2D eigenvalue weighted by molar-refractivity contribution is 5.87. The summed E-state index contributed by atoms with van der Waals surface area (Å²) in [5.74, 6) is -0.258. The highest BCUT2D eigenvalue weighted by Gasteiger charge is 2.18. The summed E-state index contributed by atoms with van der Waals surface area (Å²) in [6.45, 7) is 5.51. The van der Waals surface area contributed by atoms with E-state index in [2.05, 4.69) is 16.0 Å². The second kappa shape index (κ2) is 4.69. The van der Waals surface area contributed by atoms with Gasteiger partial charge in [0.25, 0.3) is 0 Å². The molecule has 2 aromatic rings. The van der Waals surface area contributed by atoms with Crippen LogP contribution in [0.3, 0.4) is 0 Å². The first-order valence-corrected chi connectivity index (χ1v) is 5.93. The van der Waals surface area contributed by atoms with Crippen molar-refractivity contribution in [2.24, 2.45) is 0 Å². The molecule has 0 aliphatic heterocycles. The average Bonchev–Trinajstić information content (AvgIpc) is 2.65. The SMILES string of the molecule is Cc1nc(C(C)C)c2c(C#N)cn(CC(=O)O)c2n1. The molecule has 0 amide bonds. The Morgan fingerprint density at radius 3 is 2.74 bits per heavy atom. The molecule has 0 aliphatic carbocycles. The van der Waals surface area contributed by atoms with Crippen LogP contribution in [0.15, 0.2) is 6.20 Å². The second-order valence-electron chi connectivity index (χ2n) is 4.69. The molecule has 0 saturated carbocycles. The minimum atomic E-state index is -0.969. The Balaban J connectivity index is 2.82. The van der Waals surface area contributed by atoms with E-state index in [4.69, 9.17) is 5.11 Å². The van der Waals surface area contributed by atoms with Crippen molar-refractivity contribution in [2.45, 2.75) is 33.2 Å². The quantitative estimate of drug-likeness (QED) is 0.906. The highest BCUT2D eigenvalue weighted by Crippen LogP contribution is 2.27. The van der Waals surface area contributed by atoms with Gasteiger partial charge < -0.3 is 9.67 Å². The van der Waals surface area contributed by atoms with Crippen LogP contribution in [0, 0.1) is 18.3 Å². The van der Waals surface area contributed by atoms with Crippen LogP contribution in [0.1, 0.15) is 36.8 Å². The molecule has 6 nitrogen and oxygen atoms in total. The van der Waals surface area contributed by atoms with Crippen molar-refractivity contribution in [1.29, 1.82) is 5.26 Å². The van der Waals surface area contributed by atoms with Gasteiger partial charge in [-0.3, -0.25) is 4.79 Å². The van der Waals surface area contributed by atoms with Gasteiger partial charge in [0.05, 0.1) is 16.6 Å². The Hall–Kier alpha value is -2.42. The van der Waals surface area contributed by atoms with E-state index in [-0.39, 0.29) is 12.5 Å². The summed E-state index contributed by atoms with van der Waals surface area (Å²) in [7, 11) is 0. The largest absolute Gasteiger partial charge is 0.480 e. The third-order valence-electron chi connectivity index (χ3n) is 2.83. The number of nitriles is 1. The molecule has 0 bridgehead atoms. The minimum Gasteiger partial charge on any atom is -0.480 e. The van der Waals surface area contributed by atoms with Crippen molar-refractivity contribution in [1.82, 2.24) is 14.5 Å². The van der Waals surface area contributed by atoms with Gasteiger partial charge in [-0.05, 0) is 12.8 Å². The standard InChI is InChI=1S/C13H14N4O2/c1-7(2)12-11-9(4-14)5-17(6-10(18)19)13(11)16-8(3)15-12/h5,7H,6H2,1-3H3,(H,18,19). The van der Waals surface area contributed by atoms with Crippen LogP contribution in [0.4, 0.5) is 0 Å². The van der Waals surface area contributed by atoms with Crippen LogP contribution >= 0.6 is 0 Å². The summed E-state index contributed by atoms with van der Waals surface area (Å²) >= 11 is 0. The minimum absolute atomic E-state index is 0.136. The molecular weight excluding hydrogens is 244 g/mol. The van der Waals surface area contributed by atoms with E-state index in [0.717, 1.165) is 5.69 Å². The third-order valence-corrected chi connectivity index (χ3v) is 2.83. The molecule has 1 N–H and O–H groups in total. The number of aliphatic carboxylic acids is 1. The number of fused-ring (bicyclic) bond motifs is 1. The fraction of sp³-hybridized carbons (Fsp3) is 0.385. The molecule has 98 valence electrons. The molecule has 0 spiro atoms. The van der Waals surface area contributed by atoms with Crippen LogP contribution in [0.5, 0.6) is 0 Å². The maximum atomic E-state index is 10.9. The van der Waals surface area contributed by atoms with E-state index in [1.807, 2.05) is 13.8 Å². The number of aryl methyl sites for hydroxylation is 1. The molecule has 0 radical (unpaired) electrons. The summed E-state index contributed by atoms with van der Waals surface area (Å²) in [5, 5.41) is 18.8. The van der Waals surface area contributed by atoms with Gasteiger partial charge in [0.15, 0.2) is 0 Å². The van der Waals surface area contributed by atoms with Gasteiger partial charge in [0.1, 0.15) is 24.1 Å². The van der Waals surface area contributed by atoms with Gasteiger partial charge in [0.2, 0.25) is 0 Å². The van der Waals surface area contributed by atoms with Crippen molar-refractivity contribution >= 4 is 17.0 Å². The molecule has 2 rings (SSSR count). The lowest BCUT2D eigenvalue weighted by Crippen LogP contribution is -2.09. The Labute approximate surface area is 110 Å². The van der Waals surface area contributed by atoms with Crippen LogP contribution in [-0.2, 0) is 11.3 Å². The average molecular weight is 258 g/mol. The van der Waals surface area contributed by atoms with E-state index in [9.17, 15) is 10.1 Å². The first kappa shape index (κ1) is 13.0. The third kappa shape index (κ3) is 2.27. The summed E-state index contributed by atoms with van der Waals surface area (Å²) < 4.78 is 1.48. The van der Waals surface area contributed by atoms with E-state index in [0.29, 0.717) is 22.4 Å². The maximum Gasteiger partial charge on any atom is 0.323 e. The zero-order valence-corrected chi connectivity index (χ0v) is 11.0. The molecule has 0 fully saturated rings. The number of rotatable bonds is 3. The number of nitrogens with zero attached hydrogens (tertiary/aromatic N) is 4. The van der Waals surface area contributed by atoms with Crippen molar-refractivity contribution in [3.63, 3.8) is 0 Å². The fourth-order valence-electron chi connectivity index (χ4n) is 2.10. The first-order chi connectivity index (χ1) is 8.93. The molecule has 0 saturated heterocycles. The topological polar surface area (TPSA) is 91.8 Å². The Morgan fingerprint density at radius 2 is 2.21 bits per heavy atom. The molecule has 0 aromatic carbocycles. The lowest BCUT2D eigenvalue weighted by Gasteiger charge is -2.08. The van der Waals surface area contributed by atoms with E-state index >= 15 is 0 Å². The maximum absolute atomic E-state index is 10.9. The van der Waals surface area contributed by atoms with E-state index < -0.39 is 5.97 Å². The zero-order chi connectivity index (χ0) is 14.2. The van der Waals surface area contributed by atoms with Crippen molar-refractivity contribution in [3.05, 3.63) is 23.3 Å². The van der Waals surface area contributed by atoms with Gasteiger partial charge in [-0.15, -0.1) is 0 Å². The molecule has 0 unspecified atom stereocenters. The van der Waals surface area contributed by atoms with Gasteiger partial charge >= 0.3 is 5.97 Å². The monoisotopic (exact) mass is 258 g/mol. The fourth-order valence-corrected chi connectivity index (χ4v) is 2.10. The lowest BCUT2D eigenvalue weighted by atomic mass is 10.0. The Kier molecular flexibility index (Phi) is 3.21. The number of carboxylic acid groups (broad SMARTS) is 1. The number of carboxylic acids is 1. The second-order valence-corrected chi connectivity index (χ2v) is 4.69. The summed E-state index contributed by atoms with van der Waals surface area (Å²) in [6.07, 6.45) is 1.53. The first-order valence-electron chi connectivity index (χ1n) is 5.93. The Bertz CT molecular complexity index is 695. The van der Waals surface area contributed by atoms with Crippen molar-refractivity contribution in [2.75, 3.05) is 0 Å². The molecule has 2 heterocycles. The van der Waals surface area contributed by atoms with Gasteiger partial charge in [-0.25, -0.2) is 9.97 Å². The predicted octanol–water partition coefficient (Wildman–Crippen LogP) is 1.82. The molecule has 6 heteroatoms. The van der Waals surface area contributed by atoms with Crippen LogP contribution in [-0.4, -0.2) is 25.6 Å². The molecule has 0 atom stereocenters. The normalized spacial score (nSPS) is 10.9. The number of hydrogen-bond acceptors (Lipinski definition) is 4. The predicted molar refractivity (Wildman–Crippen MR) is 68.7 cm³/mol. The number of carbonyl (C=O) groups is 1. The molecule has 0 aliphatic rings. The zero-order valence-electron chi connectivity index (χ0n) is 11.0. The van der Waals surface area contributed by atoms with E-state index in [1.165, 1.54) is 10.8 Å². The summed E-state index contributed by atoms with van der Waals surface area (Å²) in [5.41, 5.74) is 1.71. The van der Waals surface area contributed by atoms with Crippen molar-refractivity contribution in [3.8, 4) is 6.07 Å². The smallest absolute Gasteiger partial charge is 0.323 e. The van der Waals surface area contributed by atoms with Crippen LogP contribution < -0.4 is 0 Å². The Morgan fingerprint density at radius 1 is 1.53 bits per heavy atom. The van der Waals surface area contributed by atoms with Gasteiger partial charge in [-0.2, -0.15) is 5.26 Å². The van der Waals surface area contributed by atoms with Crippen molar-refractivity contribution < 1.29 is 9.90 Å². The van der Waals surface area contributed by atoms with E-state index in [1.54, 1.807) is 6.92 Å².